The fourth-order valence-electron chi connectivity index (χ4n) is 2.96. The van der Waals surface area contributed by atoms with E-state index in [9.17, 15) is 4.79 Å². The van der Waals surface area contributed by atoms with Gasteiger partial charge in [0.25, 0.3) is 5.56 Å². The summed E-state index contributed by atoms with van der Waals surface area (Å²) < 4.78 is 7.40. The molecule has 1 saturated heterocycles. The average Bonchev–Trinajstić information content (AvgIpc) is 3.18. The second kappa shape index (κ2) is 7.49. The van der Waals surface area contributed by atoms with Gasteiger partial charge in [0.05, 0.1) is 10.9 Å². The lowest BCUT2D eigenvalue weighted by Gasteiger charge is -2.11. The first-order chi connectivity index (χ1) is 12.7. The molecule has 1 unspecified atom stereocenters. The van der Waals surface area contributed by atoms with Gasteiger partial charge in [-0.25, -0.2) is 15.2 Å². The molecular formula is C19H20N4O2S. The van der Waals surface area contributed by atoms with E-state index >= 15 is 0 Å². The molecule has 0 amide bonds. The van der Waals surface area contributed by atoms with E-state index in [0.29, 0.717) is 22.0 Å². The smallest absolute Gasteiger partial charge is 0.261 e. The summed E-state index contributed by atoms with van der Waals surface area (Å²) in [6, 6.07) is 15.5. The van der Waals surface area contributed by atoms with Crippen LogP contribution in [0, 0.1) is 0 Å². The number of rotatable bonds is 5. The Morgan fingerprint density at radius 2 is 2.04 bits per heavy atom. The molecule has 2 N–H and O–H groups in total. The molecule has 134 valence electrons. The fraction of sp³-hybridized carbons (Fsp3) is 0.263. The molecule has 4 rings (SSSR count). The van der Waals surface area contributed by atoms with E-state index in [1.807, 2.05) is 30.3 Å². The number of benzene rings is 2. The van der Waals surface area contributed by atoms with Crippen LogP contribution in [0.2, 0.25) is 0 Å². The third-order valence-corrected chi connectivity index (χ3v) is 5.39. The van der Waals surface area contributed by atoms with E-state index in [4.69, 9.17) is 4.74 Å². The van der Waals surface area contributed by atoms with Gasteiger partial charge in [-0.1, -0.05) is 36.2 Å². The zero-order valence-corrected chi connectivity index (χ0v) is 15.3. The van der Waals surface area contributed by atoms with E-state index in [-0.39, 0.29) is 12.2 Å². The van der Waals surface area contributed by atoms with Gasteiger partial charge in [0.15, 0.2) is 0 Å². The van der Waals surface area contributed by atoms with Crippen LogP contribution in [0.1, 0.15) is 11.4 Å². The Morgan fingerprint density at radius 1 is 1.23 bits per heavy atom. The van der Waals surface area contributed by atoms with Crippen LogP contribution in [0.15, 0.2) is 53.3 Å². The minimum absolute atomic E-state index is 0.0548. The monoisotopic (exact) mass is 368 g/mol. The number of aromatic nitrogens is 2. The first-order valence-corrected chi connectivity index (χ1v) is 9.38. The molecule has 0 spiro atoms. The van der Waals surface area contributed by atoms with Crippen LogP contribution in [0.25, 0.3) is 10.9 Å². The van der Waals surface area contributed by atoms with Crippen LogP contribution in [-0.2, 0) is 20.1 Å². The molecule has 2 heterocycles. The maximum Gasteiger partial charge on any atom is 0.261 e. The lowest BCUT2D eigenvalue weighted by atomic mass is 10.1. The molecule has 0 bridgehead atoms. The summed E-state index contributed by atoms with van der Waals surface area (Å²) in [5.74, 6) is 1.38. The van der Waals surface area contributed by atoms with Gasteiger partial charge in [0.1, 0.15) is 18.2 Å². The number of para-hydroxylation sites is 1. The summed E-state index contributed by atoms with van der Waals surface area (Å²) in [7, 11) is 1.73. The molecule has 1 fully saturated rings. The number of hydrogen-bond acceptors (Lipinski definition) is 6. The van der Waals surface area contributed by atoms with Crippen molar-refractivity contribution in [1.82, 2.24) is 19.8 Å². The van der Waals surface area contributed by atoms with Crippen molar-refractivity contribution in [2.24, 2.45) is 7.05 Å². The van der Waals surface area contributed by atoms with E-state index in [2.05, 4.69) is 27.4 Å². The number of ether oxygens (including phenoxy) is 1. The van der Waals surface area contributed by atoms with Crippen molar-refractivity contribution in [2.45, 2.75) is 18.3 Å². The molecule has 3 aromatic rings. The van der Waals surface area contributed by atoms with E-state index in [0.717, 1.165) is 18.7 Å². The van der Waals surface area contributed by atoms with E-state index in [1.54, 1.807) is 29.6 Å². The van der Waals surface area contributed by atoms with Crippen LogP contribution in [0.5, 0.6) is 5.75 Å². The Morgan fingerprint density at radius 3 is 2.81 bits per heavy atom. The van der Waals surface area contributed by atoms with Crippen molar-refractivity contribution in [3.63, 3.8) is 0 Å². The number of hydrazine groups is 1. The molecule has 1 aliphatic rings. The highest BCUT2D eigenvalue weighted by molar-refractivity contribution is 7.98. The fourth-order valence-corrected chi connectivity index (χ4v) is 3.74. The van der Waals surface area contributed by atoms with Gasteiger partial charge >= 0.3 is 0 Å². The first-order valence-electron chi connectivity index (χ1n) is 8.50. The van der Waals surface area contributed by atoms with Gasteiger partial charge in [-0.3, -0.25) is 9.36 Å². The number of hydrogen-bond donors (Lipinski definition) is 2. The maximum absolute atomic E-state index is 12.4. The van der Waals surface area contributed by atoms with Crippen molar-refractivity contribution in [1.29, 1.82) is 0 Å². The van der Waals surface area contributed by atoms with Crippen LogP contribution in [0.4, 0.5) is 0 Å². The Kier molecular flexibility index (Phi) is 4.92. The van der Waals surface area contributed by atoms with Crippen molar-refractivity contribution >= 4 is 22.9 Å². The maximum atomic E-state index is 12.4. The Balaban J connectivity index is 1.46. The van der Waals surface area contributed by atoms with Crippen molar-refractivity contribution in [2.75, 3.05) is 6.54 Å². The molecule has 6 nitrogen and oxygen atoms in total. The predicted octanol–water partition coefficient (Wildman–Crippen LogP) is 2.18. The van der Waals surface area contributed by atoms with Crippen molar-refractivity contribution in [3.8, 4) is 5.75 Å². The molecule has 0 saturated carbocycles. The molecule has 26 heavy (non-hydrogen) atoms. The number of nitrogens with zero attached hydrogens (tertiary/aromatic N) is 2. The summed E-state index contributed by atoms with van der Waals surface area (Å²) in [5, 5.41) is 1.16. The summed E-state index contributed by atoms with van der Waals surface area (Å²) in [6.07, 6.45) is 1.01. The van der Waals surface area contributed by atoms with E-state index in [1.165, 1.54) is 5.56 Å². The standard InChI is InChI=1S/C19H20N4O2S/c1-23-18(21-17-5-3-2-4-16(17)19(23)24)12-25-14-8-6-13(7-9-14)10-15-11-20-22-26-15/h2-9,15,20,22H,10-12H2,1H3. The lowest BCUT2D eigenvalue weighted by molar-refractivity contribution is 0.289. The Labute approximate surface area is 155 Å². The largest absolute Gasteiger partial charge is 0.486 e. The van der Waals surface area contributed by atoms with Gasteiger partial charge in [-0.15, -0.1) is 0 Å². The minimum Gasteiger partial charge on any atom is -0.486 e. The molecule has 7 heteroatoms. The summed E-state index contributed by atoms with van der Waals surface area (Å²) in [4.78, 5) is 20.1. The molecule has 0 radical (unpaired) electrons. The molecule has 1 atom stereocenters. The predicted molar refractivity (Wildman–Crippen MR) is 104 cm³/mol. The van der Waals surface area contributed by atoms with Gasteiger partial charge in [-0.2, -0.15) is 0 Å². The topological polar surface area (TPSA) is 68.2 Å². The summed E-state index contributed by atoms with van der Waals surface area (Å²) >= 11 is 1.72. The normalized spacial score (nSPS) is 16.9. The van der Waals surface area contributed by atoms with Gasteiger partial charge in [0.2, 0.25) is 0 Å². The Hall–Kier alpha value is -2.35. The van der Waals surface area contributed by atoms with Crippen molar-refractivity contribution in [3.05, 3.63) is 70.3 Å². The van der Waals surface area contributed by atoms with E-state index < -0.39 is 0 Å². The number of fused-ring (bicyclic) bond motifs is 1. The van der Waals surface area contributed by atoms with Crippen LogP contribution < -0.4 is 20.6 Å². The van der Waals surface area contributed by atoms with Crippen molar-refractivity contribution < 1.29 is 4.74 Å². The second-order valence-corrected chi connectivity index (χ2v) is 7.38. The van der Waals surface area contributed by atoms with Gasteiger partial charge in [0, 0.05) is 18.8 Å². The Bertz CT molecular complexity index is 965. The highest BCUT2D eigenvalue weighted by Crippen LogP contribution is 2.19. The molecule has 2 aromatic carbocycles. The highest BCUT2D eigenvalue weighted by Gasteiger charge is 2.15. The molecule has 1 aliphatic heterocycles. The van der Waals surface area contributed by atoms with Gasteiger partial charge < -0.3 is 4.74 Å². The second-order valence-electron chi connectivity index (χ2n) is 6.27. The van der Waals surface area contributed by atoms with Crippen LogP contribution >= 0.6 is 11.9 Å². The average molecular weight is 368 g/mol. The molecule has 1 aromatic heterocycles. The number of nitrogens with one attached hydrogen (secondary N) is 2. The molecule has 0 aliphatic carbocycles. The first kappa shape index (κ1) is 17.1. The quantitative estimate of drug-likeness (QED) is 0.673. The summed E-state index contributed by atoms with van der Waals surface area (Å²) in [6.45, 7) is 1.22. The van der Waals surface area contributed by atoms with Crippen LogP contribution in [0.3, 0.4) is 0 Å². The highest BCUT2D eigenvalue weighted by atomic mass is 32.2. The zero-order chi connectivity index (χ0) is 17.9. The third-order valence-electron chi connectivity index (χ3n) is 4.46. The van der Waals surface area contributed by atoms with Crippen LogP contribution in [-0.4, -0.2) is 21.3 Å². The minimum atomic E-state index is -0.0548. The third kappa shape index (κ3) is 3.60. The molecular weight excluding hydrogens is 348 g/mol. The SMILES string of the molecule is Cn1c(COc2ccc(CC3CNNS3)cc2)nc2ccccc2c1=O. The lowest BCUT2D eigenvalue weighted by Crippen LogP contribution is -2.23. The zero-order valence-electron chi connectivity index (χ0n) is 14.4. The van der Waals surface area contributed by atoms with Gasteiger partial charge in [-0.05, 0) is 36.2 Å². The summed E-state index contributed by atoms with van der Waals surface area (Å²) in [5.41, 5.74) is 5.03.